The first-order valence-corrected chi connectivity index (χ1v) is 25.4. The van der Waals surface area contributed by atoms with E-state index in [1.807, 2.05) is 0 Å². The quantitative estimate of drug-likeness (QED) is 0.0323. The second kappa shape index (κ2) is 45.7. The van der Waals surface area contributed by atoms with Gasteiger partial charge in [-0.2, -0.15) is 0 Å². The van der Waals surface area contributed by atoms with Crippen LogP contribution in [0.5, 0.6) is 0 Å². The SMILES string of the molecule is CCCCCCCC/C=C\CCCC(CC(=O)NC(CO)C(O)CCCCCCCCCCC)OC(=O)CCCCCCCCCCCCCCCCCCCC. The van der Waals surface area contributed by atoms with Crippen LogP contribution in [-0.4, -0.2) is 46.9 Å². The minimum atomic E-state index is -0.786. The number of rotatable bonds is 46. The summed E-state index contributed by atoms with van der Waals surface area (Å²) in [6.07, 6.45) is 50.0. The van der Waals surface area contributed by atoms with Gasteiger partial charge in [-0.1, -0.05) is 232 Å². The number of hydrogen-bond donors (Lipinski definition) is 3. The lowest BCUT2D eigenvalue weighted by Crippen LogP contribution is -2.46. The Kier molecular flexibility index (Phi) is 44.6. The summed E-state index contributed by atoms with van der Waals surface area (Å²) in [6.45, 7) is 6.46. The monoisotopic (exact) mass is 806 g/mol. The highest BCUT2D eigenvalue weighted by atomic mass is 16.5. The molecule has 0 saturated carbocycles. The van der Waals surface area contributed by atoms with Gasteiger partial charge in [0.05, 0.1) is 25.2 Å². The predicted octanol–water partition coefficient (Wildman–Crippen LogP) is 15.0. The summed E-state index contributed by atoms with van der Waals surface area (Å²) in [6, 6.07) is -0.701. The van der Waals surface area contributed by atoms with E-state index in [-0.39, 0.29) is 24.9 Å². The molecule has 0 aromatic carbocycles. The minimum Gasteiger partial charge on any atom is -0.462 e. The van der Waals surface area contributed by atoms with Gasteiger partial charge in [0.25, 0.3) is 0 Å². The van der Waals surface area contributed by atoms with Crippen molar-refractivity contribution in [2.24, 2.45) is 0 Å². The molecule has 0 aromatic heterocycles. The van der Waals surface area contributed by atoms with E-state index in [9.17, 15) is 19.8 Å². The van der Waals surface area contributed by atoms with E-state index in [4.69, 9.17) is 4.74 Å². The van der Waals surface area contributed by atoms with Crippen LogP contribution in [-0.2, 0) is 14.3 Å². The minimum absolute atomic E-state index is 0.0631. The second-order valence-corrected chi connectivity index (χ2v) is 17.6. The van der Waals surface area contributed by atoms with Crippen molar-refractivity contribution in [1.82, 2.24) is 5.32 Å². The Morgan fingerprint density at radius 1 is 0.491 bits per heavy atom. The van der Waals surface area contributed by atoms with Gasteiger partial charge in [-0.05, 0) is 44.9 Å². The van der Waals surface area contributed by atoms with E-state index in [1.165, 1.54) is 173 Å². The van der Waals surface area contributed by atoms with Gasteiger partial charge in [-0.25, -0.2) is 0 Å². The normalized spacial score (nSPS) is 13.3. The highest BCUT2D eigenvalue weighted by Gasteiger charge is 2.24. The van der Waals surface area contributed by atoms with E-state index in [0.717, 1.165) is 57.8 Å². The van der Waals surface area contributed by atoms with Gasteiger partial charge in [0, 0.05) is 6.42 Å². The third kappa shape index (κ3) is 41.1. The lowest BCUT2D eigenvalue weighted by molar-refractivity contribution is -0.151. The number of unbranched alkanes of at least 4 members (excludes halogenated alkanes) is 32. The topological polar surface area (TPSA) is 95.9 Å². The van der Waals surface area contributed by atoms with Crippen molar-refractivity contribution < 1.29 is 24.5 Å². The summed E-state index contributed by atoms with van der Waals surface area (Å²) < 4.78 is 5.91. The van der Waals surface area contributed by atoms with E-state index in [0.29, 0.717) is 19.3 Å². The summed E-state index contributed by atoms with van der Waals surface area (Å²) in [7, 11) is 0. The van der Waals surface area contributed by atoms with Crippen LogP contribution >= 0.6 is 0 Å². The van der Waals surface area contributed by atoms with Gasteiger partial charge in [0.2, 0.25) is 5.91 Å². The van der Waals surface area contributed by atoms with Gasteiger partial charge in [-0.3, -0.25) is 9.59 Å². The van der Waals surface area contributed by atoms with Crippen LogP contribution in [0.4, 0.5) is 0 Å². The van der Waals surface area contributed by atoms with Crippen molar-refractivity contribution in [3.05, 3.63) is 12.2 Å². The molecule has 0 heterocycles. The van der Waals surface area contributed by atoms with Crippen LogP contribution in [0.3, 0.4) is 0 Å². The van der Waals surface area contributed by atoms with Crippen molar-refractivity contribution in [3.63, 3.8) is 0 Å². The van der Waals surface area contributed by atoms with E-state index >= 15 is 0 Å². The number of esters is 1. The number of carbonyl (C=O) groups excluding carboxylic acids is 2. The summed E-state index contributed by atoms with van der Waals surface area (Å²) >= 11 is 0. The number of aliphatic hydroxyl groups is 2. The van der Waals surface area contributed by atoms with E-state index in [1.54, 1.807) is 0 Å². The zero-order valence-corrected chi connectivity index (χ0v) is 38.5. The van der Waals surface area contributed by atoms with Crippen LogP contribution in [0, 0.1) is 0 Å². The summed E-state index contributed by atoms with van der Waals surface area (Å²) in [5.74, 6) is -0.489. The molecule has 6 nitrogen and oxygen atoms in total. The molecule has 338 valence electrons. The first-order chi connectivity index (χ1) is 28.0. The highest BCUT2D eigenvalue weighted by Crippen LogP contribution is 2.18. The first-order valence-electron chi connectivity index (χ1n) is 25.4. The number of aliphatic hydroxyl groups excluding tert-OH is 2. The lowest BCUT2D eigenvalue weighted by Gasteiger charge is -2.24. The number of amides is 1. The molecular formula is C51H99NO5. The molecule has 0 aliphatic heterocycles. The van der Waals surface area contributed by atoms with Crippen LogP contribution < -0.4 is 5.32 Å². The molecule has 0 radical (unpaired) electrons. The van der Waals surface area contributed by atoms with Crippen LogP contribution in [0.15, 0.2) is 12.2 Å². The third-order valence-corrected chi connectivity index (χ3v) is 11.8. The zero-order valence-electron chi connectivity index (χ0n) is 38.5. The number of ether oxygens (including phenoxy) is 1. The number of allylic oxidation sites excluding steroid dienone is 2. The fourth-order valence-corrected chi connectivity index (χ4v) is 7.96. The van der Waals surface area contributed by atoms with Crippen molar-refractivity contribution in [2.45, 2.75) is 296 Å². The second-order valence-electron chi connectivity index (χ2n) is 17.6. The molecule has 0 spiro atoms. The molecule has 3 N–H and O–H groups in total. The first kappa shape index (κ1) is 55.6. The highest BCUT2D eigenvalue weighted by molar-refractivity contribution is 5.77. The Morgan fingerprint density at radius 3 is 1.28 bits per heavy atom. The maximum absolute atomic E-state index is 13.1. The largest absolute Gasteiger partial charge is 0.462 e. The Labute approximate surface area is 355 Å². The summed E-state index contributed by atoms with van der Waals surface area (Å²) in [4.78, 5) is 26.0. The zero-order chi connectivity index (χ0) is 41.7. The summed E-state index contributed by atoms with van der Waals surface area (Å²) in [5, 5.41) is 23.6. The van der Waals surface area contributed by atoms with Gasteiger partial charge in [-0.15, -0.1) is 0 Å². The Hall–Kier alpha value is -1.40. The maximum Gasteiger partial charge on any atom is 0.306 e. The number of hydrogen-bond acceptors (Lipinski definition) is 5. The molecule has 57 heavy (non-hydrogen) atoms. The number of carbonyl (C=O) groups is 2. The van der Waals surface area contributed by atoms with E-state index in [2.05, 4.69) is 38.2 Å². The molecule has 3 atom stereocenters. The van der Waals surface area contributed by atoms with Gasteiger partial charge >= 0.3 is 5.97 Å². The van der Waals surface area contributed by atoms with Crippen molar-refractivity contribution in [2.75, 3.05) is 6.61 Å². The van der Waals surface area contributed by atoms with Gasteiger partial charge in [0.15, 0.2) is 0 Å². The standard InChI is InChI=1S/C51H99NO5/c1-4-7-10-13-16-19-21-22-23-24-25-26-27-29-32-35-38-41-44-51(56)57-47(42-39-36-33-31-28-20-17-14-11-8-5-2)45-50(55)52-48(46-53)49(54)43-40-37-34-30-18-15-12-9-6-3/h31,33,47-49,53-54H,4-30,32,34-46H2,1-3H3,(H,52,55)/b33-31-. The molecule has 1 amide bonds. The summed E-state index contributed by atoms with van der Waals surface area (Å²) in [5.41, 5.74) is 0. The molecular weight excluding hydrogens is 707 g/mol. The van der Waals surface area contributed by atoms with Crippen molar-refractivity contribution >= 4 is 11.9 Å². The predicted molar refractivity (Wildman–Crippen MR) is 246 cm³/mol. The van der Waals surface area contributed by atoms with Crippen molar-refractivity contribution in [3.8, 4) is 0 Å². The molecule has 0 rings (SSSR count). The Morgan fingerprint density at radius 2 is 0.860 bits per heavy atom. The molecule has 0 fully saturated rings. The average molecular weight is 806 g/mol. The Bertz CT molecular complexity index is 863. The smallest absolute Gasteiger partial charge is 0.306 e. The third-order valence-electron chi connectivity index (χ3n) is 11.8. The van der Waals surface area contributed by atoms with Crippen LogP contribution in [0.25, 0.3) is 0 Å². The van der Waals surface area contributed by atoms with Crippen LogP contribution in [0.1, 0.15) is 278 Å². The molecule has 3 unspecified atom stereocenters. The fraction of sp³-hybridized carbons (Fsp3) is 0.922. The fourth-order valence-electron chi connectivity index (χ4n) is 7.96. The van der Waals surface area contributed by atoms with Gasteiger partial charge < -0.3 is 20.3 Å². The van der Waals surface area contributed by atoms with Crippen molar-refractivity contribution in [1.29, 1.82) is 0 Å². The molecule has 0 aliphatic rings. The van der Waals surface area contributed by atoms with Crippen LogP contribution in [0.2, 0.25) is 0 Å². The average Bonchev–Trinajstić information content (AvgIpc) is 3.20. The number of nitrogens with one attached hydrogen (secondary N) is 1. The molecule has 0 aromatic rings. The lowest BCUT2D eigenvalue weighted by atomic mass is 10.0. The van der Waals surface area contributed by atoms with Gasteiger partial charge in [0.1, 0.15) is 6.10 Å². The molecule has 0 saturated heterocycles. The molecule has 0 bridgehead atoms. The molecule has 6 heteroatoms. The Balaban J connectivity index is 4.46. The van der Waals surface area contributed by atoms with E-state index < -0.39 is 18.2 Å². The maximum atomic E-state index is 13.1. The molecule has 0 aliphatic carbocycles.